The Balaban J connectivity index is 2.29. The van der Waals surface area contributed by atoms with E-state index in [2.05, 4.69) is 13.0 Å². The van der Waals surface area contributed by atoms with Crippen LogP contribution in [0.15, 0.2) is 18.2 Å². The van der Waals surface area contributed by atoms with Crippen LogP contribution >= 0.6 is 0 Å². The minimum Gasteiger partial charge on any atom is -0.496 e. The average molecular weight is 276 g/mol. The lowest BCUT2D eigenvalue weighted by molar-refractivity contribution is -0.151. The van der Waals surface area contributed by atoms with Gasteiger partial charge in [0.15, 0.2) is 0 Å². The van der Waals surface area contributed by atoms with Crippen LogP contribution < -0.4 is 4.74 Å². The molecule has 1 aliphatic carbocycles. The van der Waals surface area contributed by atoms with Gasteiger partial charge < -0.3 is 9.84 Å². The highest BCUT2D eigenvalue weighted by atomic mass is 16.5. The molecule has 1 fully saturated rings. The Morgan fingerprint density at radius 3 is 2.60 bits per heavy atom. The Kier molecular flexibility index (Phi) is 4.36. The molecule has 0 aromatic heterocycles. The first-order chi connectivity index (χ1) is 9.47. The SMILES string of the molecule is COc1ccc(C)cc1CC1(C(=O)O)CCC(C)CC1. The Morgan fingerprint density at radius 1 is 1.40 bits per heavy atom. The van der Waals surface area contributed by atoms with Gasteiger partial charge in [-0.1, -0.05) is 24.6 Å². The van der Waals surface area contributed by atoms with Crippen molar-refractivity contribution in [2.45, 2.75) is 46.0 Å². The quantitative estimate of drug-likeness (QED) is 0.909. The molecule has 1 aliphatic rings. The second kappa shape index (κ2) is 5.86. The minimum absolute atomic E-state index is 0.569. The molecule has 2 rings (SSSR count). The number of hydrogen-bond acceptors (Lipinski definition) is 2. The van der Waals surface area contributed by atoms with Crippen molar-refractivity contribution >= 4 is 5.97 Å². The molecule has 0 saturated heterocycles. The summed E-state index contributed by atoms with van der Waals surface area (Å²) in [6.45, 7) is 4.23. The third kappa shape index (κ3) is 2.97. The number of rotatable bonds is 4. The summed E-state index contributed by atoms with van der Waals surface area (Å²) in [7, 11) is 1.64. The molecule has 3 nitrogen and oxygen atoms in total. The Morgan fingerprint density at radius 2 is 2.05 bits per heavy atom. The van der Waals surface area contributed by atoms with Crippen molar-refractivity contribution in [1.82, 2.24) is 0 Å². The normalized spacial score (nSPS) is 26.2. The number of methoxy groups -OCH3 is 1. The van der Waals surface area contributed by atoms with Crippen molar-refractivity contribution in [2.24, 2.45) is 11.3 Å². The van der Waals surface area contributed by atoms with E-state index in [1.54, 1.807) is 7.11 Å². The van der Waals surface area contributed by atoms with Gasteiger partial charge in [-0.2, -0.15) is 0 Å². The van der Waals surface area contributed by atoms with E-state index < -0.39 is 11.4 Å². The molecule has 1 aromatic rings. The molecule has 0 unspecified atom stereocenters. The first kappa shape index (κ1) is 14.9. The van der Waals surface area contributed by atoms with Crippen molar-refractivity contribution in [3.63, 3.8) is 0 Å². The van der Waals surface area contributed by atoms with Gasteiger partial charge in [-0.25, -0.2) is 0 Å². The highest BCUT2D eigenvalue weighted by Crippen LogP contribution is 2.43. The molecule has 0 bridgehead atoms. The van der Waals surface area contributed by atoms with Crippen LogP contribution in [0.4, 0.5) is 0 Å². The van der Waals surface area contributed by atoms with Gasteiger partial charge in [0, 0.05) is 0 Å². The van der Waals surface area contributed by atoms with Gasteiger partial charge in [-0.3, -0.25) is 4.79 Å². The monoisotopic (exact) mass is 276 g/mol. The Hall–Kier alpha value is -1.51. The Bertz CT molecular complexity index is 485. The van der Waals surface area contributed by atoms with E-state index in [9.17, 15) is 9.90 Å². The van der Waals surface area contributed by atoms with Crippen LogP contribution in [0, 0.1) is 18.3 Å². The second-order valence-electron chi connectivity index (χ2n) is 6.26. The minimum atomic E-state index is -0.659. The molecule has 110 valence electrons. The second-order valence-corrected chi connectivity index (χ2v) is 6.26. The summed E-state index contributed by atoms with van der Waals surface area (Å²) in [5.74, 6) is 0.782. The highest BCUT2D eigenvalue weighted by Gasteiger charge is 2.41. The summed E-state index contributed by atoms with van der Waals surface area (Å²) in [6.07, 6.45) is 4.10. The zero-order valence-electron chi connectivity index (χ0n) is 12.6. The third-order valence-corrected chi connectivity index (χ3v) is 4.65. The van der Waals surface area contributed by atoms with Gasteiger partial charge in [0.25, 0.3) is 0 Å². The fourth-order valence-electron chi connectivity index (χ4n) is 3.19. The lowest BCUT2D eigenvalue weighted by Gasteiger charge is -2.36. The summed E-state index contributed by atoms with van der Waals surface area (Å²) < 4.78 is 5.39. The van der Waals surface area contributed by atoms with Gasteiger partial charge >= 0.3 is 5.97 Å². The number of carboxylic acids is 1. The number of aryl methyl sites for hydroxylation is 1. The molecule has 0 spiro atoms. The molecule has 20 heavy (non-hydrogen) atoms. The van der Waals surface area contributed by atoms with E-state index in [4.69, 9.17) is 4.74 Å². The smallest absolute Gasteiger partial charge is 0.309 e. The van der Waals surface area contributed by atoms with Crippen LogP contribution in [0.1, 0.15) is 43.7 Å². The average Bonchev–Trinajstić information content (AvgIpc) is 2.41. The molecule has 0 atom stereocenters. The van der Waals surface area contributed by atoms with Gasteiger partial charge in [0.1, 0.15) is 5.75 Å². The lowest BCUT2D eigenvalue weighted by Crippen LogP contribution is -2.37. The molecular formula is C17H24O3. The van der Waals surface area contributed by atoms with E-state index >= 15 is 0 Å². The summed E-state index contributed by atoms with van der Waals surface area (Å²) in [5.41, 5.74) is 1.54. The van der Waals surface area contributed by atoms with E-state index in [-0.39, 0.29) is 0 Å². The first-order valence-electron chi connectivity index (χ1n) is 7.34. The largest absolute Gasteiger partial charge is 0.496 e. The number of carboxylic acid groups (broad SMARTS) is 1. The molecule has 0 radical (unpaired) electrons. The third-order valence-electron chi connectivity index (χ3n) is 4.65. The van der Waals surface area contributed by atoms with Crippen LogP contribution in [-0.4, -0.2) is 18.2 Å². The number of hydrogen-bond donors (Lipinski definition) is 1. The van der Waals surface area contributed by atoms with E-state index in [1.807, 2.05) is 19.1 Å². The van der Waals surface area contributed by atoms with Crippen molar-refractivity contribution < 1.29 is 14.6 Å². The van der Waals surface area contributed by atoms with Crippen molar-refractivity contribution in [3.8, 4) is 5.75 Å². The zero-order valence-corrected chi connectivity index (χ0v) is 12.6. The molecule has 1 saturated carbocycles. The van der Waals surface area contributed by atoms with Crippen molar-refractivity contribution in [1.29, 1.82) is 0 Å². The topological polar surface area (TPSA) is 46.5 Å². The fraction of sp³-hybridized carbons (Fsp3) is 0.588. The molecule has 3 heteroatoms. The van der Waals surface area contributed by atoms with Gasteiger partial charge in [-0.05, 0) is 56.6 Å². The standard InChI is InChI=1S/C17H24O3/c1-12-6-8-17(9-7-12,16(18)19)11-14-10-13(2)4-5-15(14)20-3/h4-5,10,12H,6-9,11H2,1-3H3,(H,18,19). The lowest BCUT2D eigenvalue weighted by atomic mass is 9.67. The number of aliphatic carboxylic acids is 1. The van der Waals surface area contributed by atoms with Gasteiger partial charge in [0.05, 0.1) is 12.5 Å². The molecule has 0 amide bonds. The van der Waals surface area contributed by atoms with Crippen LogP contribution in [0.3, 0.4) is 0 Å². The first-order valence-corrected chi connectivity index (χ1v) is 7.34. The molecule has 0 aliphatic heterocycles. The molecule has 1 N–H and O–H groups in total. The Labute approximate surface area is 121 Å². The summed E-state index contributed by atoms with van der Waals surface area (Å²) in [6, 6.07) is 5.99. The van der Waals surface area contributed by atoms with E-state index in [1.165, 1.54) is 0 Å². The molecule has 1 aromatic carbocycles. The number of carbonyl (C=O) groups is 1. The summed E-state index contributed by atoms with van der Waals surface area (Å²) >= 11 is 0. The van der Waals surface area contributed by atoms with Crippen LogP contribution in [0.2, 0.25) is 0 Å². The zero-order chi connectivity index (χ0) is 14.8. The van der Waals surface area contributed by atoms with Gasteiger partial charge in [0.2, 0.25) is 0 Å². The molecular weight excluding hydrogens is 252 g/mol. The highest BCUT2D eigenvalue weighted by molar-refractivity contribution is 5.75. The predicted octanol–water partition coefficient (Wildman–Crippen LogP) is 3.83. The fourth-order valence-corrected chi connectivity index (χ4v) is 3.19. The maximum Gasteiger partial charge on any atom is 0.309 e. The predicted molar refractivity (Wildman–Crippen MR) is 79.1 cm³/mol. The van der Waals surface area contributed by atoms with Crippen LogP contribution in [0.5, 0.6) is 5.75 Å². The van der Waals surface area contributed by atoms with E-state index in [0.29, 0.717) is 12.3 Å². The van der Waals surface area contributed by atoms with E-state index in [0.717, 1.165) is 42.6 Å². The van der Waals surface area contributed by atoms with Crippen LogP contribution in [0.25, 0.3) is 0 Å². The maximum atomic E-state index is 11.8. The number of benzene rings is 1. The summed E-state index contributed by atoms with van der Waals surface area (Å²) in [5, 5.41) is 9.73. The number of ether oxygens (including phenoxy) is 1. The summed E-state index contributed by atoms with van der Waals surface area (Å²) in [4.78, 5) is 11.8. The van der Waals surface area contributed by atoms with Crippen LogP contribution in [-0.2, 0) is 11.2 Å². The van der Waals surface area contributed by atoms with Gasteiger partial charge in [-0.15, -0.1) is 0 Å². The molecule has 0 heterocycles. The van der Waals surface area contributed by atoms with Crippen molar-refractivity contribution in [2.75, 3.05) is 7.11 Å². The maximum absolute atomic E-state index is 11.8. The van der Waals surface area contributed by atoms with Crippen molar-refractivity contribution in [3.05, 3.63) is 29.3 Å².